The van der Waals surface area contributed by atoms with Crippen molar-refractivity contribution in [2.75, 3.05) is 0 Å². The number of hydrogen-bond donors (Lipinski definition) is 0. The molecule has 69 heavy (non-hydrogen) atoms. The maximum atomic E-state index is 6.99. The molecule has 5 nitrogen and oxygen atoms in total. The largest absolute Gasteiger partial charge is 0.457 e. The third-order valence-electron chi connectivity index (χ3n) is 14.1. The highest BCUT2D eigenvalue weighted by molar-refractivity contribution is 6.12. The van der Waals surface area contributed by atoms with Crippen LogP contribution in [0, 0.1) is 0 Å². The molecule has 10 aromatic carbocycles. The fraction of sp³-hybridized carbons (Fsp3) is 0.0156. The third-order valence-corrected chi connectivity index (χ3v) is 14.1. The number of fused-ring (bicyclic) bond motifs is 12. The minimum absolute atomic E-state index is 0.615. The summed E-state index contributed by atoms with van der Waals surface area (Å²) in [6.45, 7) is 0. The number of ether oxygens (including phenoxy) is 1. The summed E-state index contributed by atoms with van der Waals surface area (Å²) in [5, 5.41) is 2.35. The molecule has 0 saturated carbocycles. The predicted molar refractivity (Wildman–Crippen MR) is 279 cm³/mol. The Balaban J connectivity index is 1.02. The summed E-state index contributed by atoms with van der Waals surface area (Å²) in [7, 11) is 0. The van der Waals surface area contributed by atoms with E-state index in [4.69, 9.17) is 19.7 Å². The van der Waals surface area contributed by atoms with Crippen LogP contribution in [0.1, 0.15) is 22.3 Å². The first-order chi connectivity index (χ1) is 34.2. The van der Waals surface area contributed by atoms with E-state index >= 15 is 0 Å². The van der Waals surface area contributed by atoms with Crippen LogP contribution in [0.3, 0.4) is 0 Å². The second kappa shape index (κ2) is 15.4. The summed E-state index contributed by atoms with van der Waals surface area (Å²) in [5.41, 5.74) is 17.1. The van der Waals surface area contributed by atoms with E-state index in [0.717, 1.165) is 78.3 Å². The van der Waals surface area contributed by atoms with Gasteiger partial charge in [0.1, 0.15) is 11.5 Å². The molecule has 0 N–H and O–H groups in total. The first-order valence-corrected chi connectivity index (χ1v) is 23.4. The molecular formula is C64H40N4O. The Hall–Kier alpha value is -9.19. The lowest BCUT2D eigenvalue weighted by molar-refractivity contribution is 0.436. The Morgan fingerprint density at radius 1 is 0.304 bits per heavy atom. The van der Waals surface area contributed by atoms with Crippen molar-refractivity contribution in [2.24, 2.45) is 0 Å². The van der Waals surface area contributed by atoms with Crippen LogP contribution in [0.4, 0.5) is 0 Å². The highest BCUT2D eigenvalue weighted by atomic mass is 16.5. The number of aromatic nitrogens is 4. The van der Waals surface area contributed by atoms with Crippen molar-refractivity contribution in [3.8, 4) is 84.7 Å². The molecule has 2 aliphatic rings. The number of nitrogens with zero attached hydrogens (tertiary/aromatic N) is 4. The fourth-order valence-electron chi connectivity index (χ4n) is 11.0. The predicted octanol–water partition coefficient (Wildman–Crippen LogP) is 15.8. The summed E-state index contributed by atoms with van der Waals surface area (Å²) in [6.07, 6.45) is 0. The van der Waals surface area contributed by atoms with Gasteiger partial charge in [-0.25, -0.2) is 15.0 Å². The lowest BCUT2D eigenvalue weighted by Crippen LogP contribution is -2.32. The number of hydrogen-bond acceptors (Lipinski definition) is 4. The van der Waals surface area contributed by atoms with E-state index in [-0.39, 0.29) is 0 Å². The van der Waals surface area contributed by atoms with E-state index in [1.54, 1.807) is 0 Å². The smallest absolute Gasteiger partial charge is 0.164 e. The van der Waals surface area contributed by atoms with Gasteiger partial charge in [0.05, 0.1) is 16.4 Å². The zero-order valence-electron chi connectivity index (χ0n) is 37.3. The summed E-state index contributed by atoms with van der Waals surface area (Å²) in [6, 6.07) is 86.4. The van der Waals surface area contributed by atoms with Gasteiger partial charge in [-0.15, -0.1) is 0 Å². The van der Waals surface area contributed by atoms with Gasteiger partial charge < -0.3 is 9.30 Å². The molecule has 0 atom stereocenters. The van der Waals surface area contributed by atoms with Gasteiger partial charge in [0.25, 0.3) is 0 Å². The van der Waals surface area contributed by atoms with Crippen LogP contribution in [0.25, 0.3) is 95.0 Å². The van der Waals surface area contributed by atoms with Crippen LogP contribution >= 0.6 is 0 Å². The first-order valence-electron chi connectivity index (χ1n) is 23.4. The maximum absolute atomic E-state index is 6.99. The minimum Gasteiger partial charge on any atom is -0.457 e. The van der Waals surface area contributed by atoms with E-state index in [9.17, 15) is 0 Å². The van der Waals surface area contributed by atoms with Gasteiger partial charge in [0, 0.05) is 44.3 Å². The second-order valence-corrected chi connectivity index (χ2v) is 17.9. The van der Waals surface area contributed by atoms with E-state index < -0.39 is 5.41 Å². The molecule has 5 heteroatoms. The molecule has 0 amide bonds. The zero-order valence-corrected chi connectivity index (χ0v) is 37.3. The third kappa shape index (κ3) is 6.07. The number of rotatable bonds is 6. The Bertz CT molecular complexity index is 3830. The van der Waals surface area contributed by atoms with E-state index in [2.05, 4.69) is 187 Å². The van der Waals surface area contributed by atoms with Gasteiger partial charge in [-0.05, 0) is 99.1 Å². The first kappa shape index (κ1) is 39.0. The minimum atomic E-state index is -0.701. The van der Waals surface area contributed by atoms with Crippen LogP contribution in [0.5, 0.6) is 11.5 Å². The molecule has 0 bridgehead atoms. The van der Waals surface area contributed by atoms with Crippen molar-refractivity contribution in [1.29, 1.82) is 0 Å². The molecule has 3 heterocycles. The molecule has 0 fully saturated rings. The van der Waals surface area contributed by atoms with Crippen LogP contribution in [-0.4, -0.2) is 19.5 Å². The summed E-state index contributed by atoms with van der Waals surface area (Å²) in [5.74, 6) is 3.60. The monoisotopic (exact) mass is 880 g/mol. The van der Waals surface area contributed by atoms with Gasteiger partial charge in [-0.2, -0.15) is 0 Å². The van der Waals surface area contributed by atoms with Gasteiger partial charge in [-0.3, -0.25) is 0 Å². The van der Waals surface area contributed by atoms with Crippen LogP contribution < -0.4 is 4.74 Å². The van der Waals surface area contributed by atoms with E-state index in [0.29, 0.717) is 17.5 Å². The molecule has 1 aliphatic heterocycles. The van der Waals surface area contributed by atoms with Gasteiger partial charge >= 0.3 is 0 Å². The summed E-state index contributed by atoms with van der Waals surface area (Å²) >= 11 is 0. The Kier molecular flexibility index (Phi) is 8.73. The molecule has 0 saturated heterocycles. The Morgan fingerprint density at radius 3 is 1.42 bits per heavy atom. The molecule has 14 rings (SSSR count). The second-order valence-electron chi connectivity index (χ2n) is 17.9. The maximum Gasteiger partial charge on any atom is 0.164 e. The van der Waals surface area contributed by atoms with Crippen molar-refractivity contribution < 1.29 is 4.74 Å². The van der Waals surface area contributed by atoms with Gasteiger partial charge in [0.15, 0.2) is 17.5 Å². The topological polar surface area (TPSA) is 52.8 Å². The molecule has 322 valence electrons. The molecule has 2 aromatic heterocycles. The molecule has 1 spiro atoms. The van der Waals surface area contributed by atoms with Crippen LogP contribution in [0.15, 0.2) is 243 Å². The van der Waals surface area contributed by atoms with Crippen molar-refractivity contribution >= 4 is 21.8 Å². The highest BCUT2D eigenvalue weighted by Gasteiger charge is 2.51. The van der Waals surface area contributed by atoms with Crippen LogP contribution in [0.2, 0.25) is 0 Å². The van der Waals surface area contributed by atoms with Crippen molar-refractivity contribution in [3.63, 3.8) is 0 Å². The quantitative estimate of drug-likeness (QED) is 0.167. The molecule has 0 unspecified atom stereocenters. The zero-order chi connectivity index (χ0) is 45.5. The standard InChI is InChI=1S/C64H40N4O/c1-5-18-41(19-6-1)45-32-34-59-55(37-45)64(56-38-46(33-35-60(56)69-59)42-20-7-2-8-21-42)53-30-15-13-28-49(53)51-40-58-52(39-54(51)64)50-29-14-16-31-57(50)68(58)48-27-17-26-47(36-48)63-66-61(43-22-9-3-10-23-43)65-62(67-63)44-24-11-4-12-25-44/h1-40H. The Morgan fingerprint density at radius 2 is 0.812 bits per heavy atom. The lowest BCUT2D eigenvalue weighted by atomic mass is 9.65. The normalized spacial score (nSPS) is 12.9. The number of benzene rings is 10. The Labute approximate surface area is 399 Å². The molecule has 1 aliphatic carbocycles. The summed E-state index contributed by atoms with van der Waals surface area (Å²) < 4.78 is 9.40. The van der Waals surface area contributed by atoms with Crippen molar-refractivity contribution in [1.82, 2.24) is 19.5 Å². The van der Waals surface area contributed by atoms with Gasteiger partial charge in [0.2, 0.25) is 0 Å². The average molecular weight is 881 g/mol. The average Bonchev–Trinajstić information content (AvgIpc) is 3.90. The fourth-order valence-corrected chi connectivity index (χ4v) is 11.0. The number of para-hydroxylation sites is 1. The van der Waals surface area contributed by atoms with E-state index in [1.807, 2.05) is 60.7 Å². The van der Waals surface area contributed by atoms with Crippen molar-refractivity contribution in [2.45, 2.75) is 5.41 Å². The SMILES string of the molecule is c1ccc(-c2ccc3c(c2)C2(c4cc(-c5ccccc5)ccc4O3)c3ccccc3-c3cc4c(cc32)c2ccccc2n4-c2cccc(-c3nc(-c4ccccc4)nc(-c4ccccc4)n3)c2)cc1. The van der Waals surface area contributed by atoms with Crippen molar-refractivity contribution in [3.05, 3.63) is 265 Å². The van der Waals surface area contributed by atoms with Crippen LogP contribution in [-0.2, 0) is 5.41 Å². The lowest BCUT2D eigenvalue weighted by Gasteiger charge is -2.40. The highest BCUT2D eigenvalue weighted by Crippen LogP contribution is 2.63. The van der Waals surface area contributed by atoms with Gasteiger partial charge in [-0.1, -0.05) is 188 Å². The molecule has 12 aromatic rings. The summed E-state index contributed by atoms with van der Waals surface area (Å²) in [4.78, 5) is 15.2. The van der Waals surface area contributed by atoms with E-state index in [1.165, 1.54) is 33.0 Å². The molecule has 0 radical (unpaired) electrons. The molecular weight excluding hydrogens is 841 g/mol.